The molecule has 3 unspecified atom stereocenters. The standard InChI is InChI=1S/C16H30N4O.HI/c1-17-16(19-14-12-13-6-7-15(14)21-13)18-8-2-3-9-20-10-4-5-11-20;/h13-15H,2-12H2,1H3,(H2,17,18,19);1H. The van der Waals surface area contributed by atoms with Crippen LogP contribution < -0.4 is 10.6 Å². The maximum atomic E-state index is 5.88. The Labute approximate surface area is 151 Å². The van der Waals surface area contributed by atoms with Gasteiger partial charge in [0.15, 0.2) is 5.96 Å². The molecular formula is C16H31IN4O. The second-order valence-corrected chi connectivity index (χ2v) is 6.62. The molecule has 3 aliphatic heterocycles. The minimum absolute atomic E-state index is 0. The van der Waals surface area contributed by atoms with Gasteiger partial charge in [0.2, 0.25) is 0 Å². The van der Waals surface area contributed by atoms with Crippen molar-refractivity contribution in [1.82, 2.24) is 15.5 Å². The van der Waals surface area contributed by atoms with E-state index in [4.69, 9.17) is 4.74 Å². The highest BCUT2D eigenvalue weighted by molar-refractivity contribution is 14.0. The molecule has 3 heterocycles. The SMILES string of the molecule is CN=C(NCCCCN1CCCC1)NC1CC2CCC1O2.I. The zero-order valence-electron chi connectivity index (χ0n) is 13.7. The van der Waals surface area contributed by atoms with E-state index >= 15 is 0 Å². The van der Waals surface area contributed by atoms with Gasteiger partial charge in [-0.15, -0.1) is 24.0 Å². The van der Waals surface area contributed by atoms with Crippen molar-refractivity contribution >= 4 is 29.9 Å². The number of likely N-dealkylation sites (tertiary alicyclic amines) is 1. The van der Waals surface area contributed by atoms with Crippen molar-refractivity contribution in [2.24, 2.45) is 4.99 Å². The van der Waals surface area contributed by atoms with Gasteiger partial charge in [0.1, 0.15) is 0 Å². The Morgan fingerprint density at radius 1 is 1.23 bits per heavy atom. The number of hydrogen-bond donors (Lipinski definition) is 2. The van der Waals surface area contributed by atoms with Crippen molar-refractivity contribution in [3.63, 3.8) is 0 Å². The van der Waals surface area contributed by atoms with E-state index in [9.17, 15) is 0 Å². The van der Waals surface area contributed by atoms with E-state index in [0.717, 1.165) is 18.9 Å². The number of ether oxygens (including phenoxy) is 1. The fourth-order valence-electron chi connectivity index (χ4n) is 3.83. The molecule has 0 radical (unpaired) electrons. The van der Waals surface area contributed by atoms with Crippen LogP contribution in [0.2, 0.25) is 0 Å². The fourth-order valence-corrected chi connectivity index (χ4v) is 3.83. The van der Waals surface area contributed by atoms with Crippen LogP contribution in [0.1, 0.15) is 44.9 Å². The number of hydrogen-bond acceptors (Lipinski definition) is 3. The van der Waals surface area contributed by atoms with Gasteiger partial charge in [-0.05, 0) is 64.6 Å². The second kappa shape index (κ2) is 9.27. The van der Waals surface area contributed by atoms with Gasteiger partial charge in [-0.25, -0.2) is 0 Å². The highest BCUT2D eigenvalue weighted by atomic mass is 127. The Morgan fingerprint density at radius 2 is 2.05 bits per heavy atom. The summed E-state index contributed by atoms with van der Waals surface area (Å²) in [5, 5.41) is 6.98. The number of fused-ring (bicyclic) bond motifs is 2. The summed E-state index contributed by atoms with van der Waals surface area (Å²) < 4.78 is 5.88. The molecule has 3 saturated heterocycles. The lowest BCUT2D eigenvalue weighted by Gasteiger charge is -2.22. The van der Waals surface area contributed by atoms with Gasteiger partial charge in [0.25, 0.3) is 0 Å². The second-order valence-electron chi connectivity index (χ2n) is 6.62. The quantitative estimate of drug-likeness (QED) is 0.298. The van der Waals surface area contributed by atoms with Crippen LogP contribution >= 0.6 is 24.0 Å². The number of unbranched alkanes of at least 4 members (excludes halogenated alkanes) is 1. The van der Waals surface area contributed by atoms with E-state index in [1.165, 1.54) is 58.2 Å². The van der Waals surface area contributed by atoms with Crippen molar-refractivity contribution < 1.29 is 4.74 Å². The molecular weight excluding hydrogens is 391 g/mol. The highest BCUT2D eigenvalue weighted by Gasteiger charge is 2.41. The third kappa shape index (κ3) is 4.96. The normalized spacial score (nSPS) is 31.3. The van der Waals surface area contributed by atoms with E-state index in [1.54, 1.807) is 0 Å². The van der Waals surface area contributed by atoms with Gasteiger partial charge in [0, 0.05) is 13.6 Å². The van der Waals surface area contributed by atoms with Gasteiger partial charge in [-0.2, -0.15) is 0 Å². The number of guanidine groups is 1. The predicted octanol–water partition coefficient (Wildman–Crippen LogP) is 1.97. The average molecular weight is 422 g/mol. The van der Waals surface area contributed by atoms with Gasteiger partial charge in [-0.1, -0.05) is 0 Å². The Kier molecular flexibility index (Phi) is 7.70. The van der Waals surface area contributed by atoms with Gasteiger partial charge in [-0.3, -0.25) is 4.99 Å². The van der Waals surface area contributed by atoms with Crippen LogP contribution in [0.4, 0.5) is 0 Å². The van der Waals surface area contributed by atoms with Crippen LogP contribution in [-0.2, 0) is 4.74 Å². The van der Waals surface area contributed by atoms with E-state index < -0.39 is 0 Å². The third-order valence-corrected chi connectivity index (χ3v) is 5.04. The molecule has 0 amide bonds. The van der Waals surface area contributed by atoms with Crippen molar-refractivity contribution in [3.05, 3.63) is 0 Å². The summed E-state index contributed by atoms with van der Waals surface area (Å²) >= 11 is 0. The molecule has 0 aromatic rings. The molecule has 3 atom stereocenters. The minimum Gasteiger partial charge on any atom is -0.373 e. The summed E-state index contributed by atoms with van der Waals surface area (Å²) in [4.78, 5) is 6.92. The van der Waals surface area contributed by atoms with E-state index in [1.807, 2.05) is 7.05 Å². The van der Waals surface area contributed by atoms with Gasteiger partial charge in [0.05, 0.1) is 18.2 Å². The molecule has 2 N–H and O–H groups in total. The molecule has 0 spiro atoms. The van der Waals surface area contributed by atoms with Crippen LogP contribution in [0, 0.1) is 0 Å². The molecule has 5 nitrogen and oxygen atoms in total. The van der Waals surface area contributed by atoms with E-state index in [0.29, 0.717) is 18.2 Å². The minimum atomic E-state index is 0. The number of rotatable bonds is 6. The summed E-state index contributed by atoms with van der Waals surface area (Å²) in [6.45, 7) is 4.88. The predicted molar refractivity (Wildman–Crippen MR) is 101 cm³/mol. The highest BCUT2D eigenvalue weighted by Crippen LogP contribution is 2.34. The number of nitrogens with zero attached hydrogens (tertiary/aromatic N) is 2. The first-order chi connectivity index (χ1) is 10.3. The topological polar surface area (TPSA) is 48.9 Å². The summed E-state index contributed by atoms with van der Waals surface area (Å²) in [5.74, 6) is 0.942. The molecule has 0 aliphatic carbocycles. The van der Waals surface area contributed by atoms with Crippen molar-refractivity contribution in [1.29, 1.82) is 0 Å². The first-order valence-corrected chi connectivity index (χ1v) is 8.70. The first-order valence-electron chi connectivity index (χ1n) is 8.70. The van der Waals surface area contributed by atoms with E-state index in [2.05, 4.69) is 20.5 Å². The molecule has 3 fully saturated rings. The zero-order chi connectivity index (χ0) is 14.5. The summed E-state index contributed by atoms with van der Waals surface area (Å²) in [6.07, 6.45) is 9.75. The maximum Gasteiger partial charge on any atom is 0.191 e. The Morgan fingerprint density at radius 3 is 2.68 bits per heavy atom. The number of nitrogens with one attached hydrogen (secondary N) is 2. The van der Waals surface area contributed by atoms with Crippen LogP contribution in [0.5, 0.6) is 0 Å². The largest absolute Gasteiger partial charge is 0.373 e. The van der Waals surface area contributed by atoms with Crippen LogP contribution in [0.15, 0.2) is 4.99 Å². The number of halogens is 1. The van der Waals surface area contributed by atoms with Gasteiger partial charge >= 0.3 is 0 Å². The molecule has 128 valence electrons. The van der Waals surface area contributed by atoms with Crippen LogP contribution in [-0.4, -0.2) is 62.3 Å². The summed E-state index contributed by atoms with van der Waals surface area (Å²) in [7, 11) is 1.85. The Balaban J connectivity index is 0.00000176. The maximum absolute atomic E-state index is 5.88. The van der Waals surface area contributed by atoms with Crippen LogP contribution in [0.25, 0.3) is 0 Å². The van der Waals surface area contributed by atoms with Gasteiger partial charge < -0.3 is 20.3 Å². The monoisotopic (exact) mass is 422 g/mol. The first kappa shape index (κ1) is 18.3. The third-order valence-electron chi connectivity index (χ3n) is 5.04. The number of aliphatic imine (C=N–C) groups is 1. The molecule has 2 bridgehead atoms. The van der Waals surface area contributed by atoms with Crippen molar-refractivity contribution in [3.8, 4) is 0 Å². The Bertz CT molecular complexity index is 360. The zero-order valence-corrected chi connectivity index (χ0v) is 16.1. The smallest absolute Gasteiger partial charge is 0.191 e. The molecule has 0 saturated carbocycles. The summed E-state index contributed by atoms with van der Waals surface area (Å²) in [6, 6.07) is 0.458. The summed E-state index contributed by atoms with van der Waals surface area (Å²) in [5.41, 5.74) is 0. The lowest BCUT2D eigenvalue weighted by molar-refractivity contribution is 0.0992. The molecule has 22 heavy (non-hydrogen) atoms. The average Bonchev–Trinajstić information content (AvgIpc) is 3.23. The van der Waals surface area contributed by atoms with Crippen molar-refractivity contribution in [2.45, 2.75) is 63.2 Å². The molecule has 3 rings (SSSR count). The van der Waals surface area contributed by atoms with E-state index in [-0.39, 0.29) is 24.0 Å². The van der Waals surface area contributed by atoms with Crippen molar-refractivity contribution in [2.75, 3.05) is 33.2 Å². The molecule has 0 aromatic carbocycles. The fraction of sp³-hybridized carbons (Fsp3) is 0.938. The lowest BCUT2D eigenvalue weighted by Crippen LogP contribution is -2.47. The Hall–Kier alpha value is -0.0800. The lowest BCUT2D eigenvalue weighted by atomic mass is 9.96. The molecule has 6 heteroatoms. The molecule has 3 aliphatic rings. The molecule has 0 aromatic heterocycles. The van der Waals surface area contributed by atoms with Crippen LogP contribution in [0.3, 0.4) is 0 Å².